The maximum absolute atomic E-state index is 10.8. The van der Waals surface area contributed by atoms with Crippen LogP contribution in [0.5, 0.6) is 0 Å². The van der Waals surface area contributed by atoms with Crippen LogP contribution in [0, 0.1) is 0 Å². The lowest BCUT2D eigenvalue weighted by atomic mass is 11.0. The second-order valence-electron chi connectivity index (χ2n) is 0.702. The van der Waals surface area contributed by atoms with Gasteiger partial charge in [-0.25, -0.2) is 9.88 Å². The van der Waals surface area contributed by atoms with E-state index >= 15 is 0 Å². The molecular weight excluding hydrogens is 132 g/mol. The van der Waals surface area contributed by atoms with Crippen LogP contribution in [-0.2, 0) is 9.88 Å². The molecule has 0 N–H and O–H groups in total. The van der Waals surface area contributed by atoms with Gasteiger partial charge in [0.2, 0.25) is 0 Å². The van der Waals surface area contributed by atoms with Crippen molar-refractivity contribution in [2.45, 2.75) is 0 Å². The summed E-state index contributed by atoms with van der Waals surface area (Å²) in [4.78, 5) is 4.39. The van der Waals surface area contributed by atoms with Gasteiger partial charge in [0.15, 0.2) is 0 Å². The van der Waals surface area contributed by atoms with Crippen LogP contribution >= 0.6 is 0 Å². The van der Waals surface area contributed by atoms with E-state index in [1.165, 1.54) is 0 Å². The van der Waals surface area contributed by atoms with Crippen LogP contribution in [0.25, 0.3) is 0 Å². The van der Waals surface area contributed by atoms with E-state index in [2.05, 4.69) is 9.88 Å². The third-order valence-corrected chi connectivity index (χ3v) is 0.294. The first-order valence-corrected chi connectivity index (χ1v) is 1.34. The van der Waals surface area contributed by atoms with E-state index < -0.39 is 12.0 Å². The summed E-state index contributed by atoms with van der Waals surface area (Å²) >= 11 is 0. The Kier molecular flexibility index (Phi) is 2.75. The molecule has 0 unspecified atom stereocenters. The highest BCUT2D eigenvalue weighted by Gasteiger charge is 2.10. The average Bonchev–Trinajstić information content (AvgIpc) is 1.69. The number of rotatable bonds is 2. The van der Waals surface area contributed by atoms with Crippen molar-refractivity contribution in [3.8, 4) is 0 Å². The van der Waals surface area contributed by atoms with Gasteiger partial charge in [-0.1, -0.05) is 0 Å². The Morgan fingerprint density at radius 3 is 1.38 bits per heavy atom. The molecule has 0 amide bonds. The minimum atomic E-state index is -2.70. The van der Waals surface area contributed by atoms with E-state index in [1.807, 2.05) is 0 Å². The van der Waals surface area contributed by atoms with Gasteiger partial charge in [0, 0.05) is 9.05 Å². The lowest BCUT2D eigenvalue weighted by molar-refractivity contribution is -0.230. The first-order valence-electron chi connectivity index (χ1n) is 1.34. The van der Waals surface area contributed by atoms with E-state index in [0.29, 0.717) is 0 Å². The molecule has 0 aromatic heterocycles. The summed E-state index contributed by atoms with van der Waals surface area (Å²) in [6.45, 7) is 0. The first-order chi connectivity index (χ1) is 3.72. The van der Waals surface area contributed by atoms with Crippen molar-refractivity contribution in [1.29, 1.82) is 0 Å². The van der Waals surface area contributed by atoms with Crippen molar-refractivity contribution in [3.63, 3.8) is 0 Å². The molecule has 0 atom stereocenters. The van der Waals surface area contributed by atoms with Gasteiger partial charge in [-0.3, -0.25) is 0 Å². The Morgan fingerprint density at radius 2 is 1.38 bits per heavy atom. The van der Waals surface area contributed by atoms with Gasteiger partial charge in [0.25, 0.3) is 0 Å². The topological polar surface area (TPSA) is 18.5 Å². The Bertz CT molecular complexity index is 90.2. The maximum atomic E-state index is 10.8. The summed E-state index contributed by atoms with van der Waals surface area (Å²) in [6.07, 6.45) is -2.70. The van der Waals surface area contributed by atoms with Crippen molar-refractivity contribution in [3.05, 3.63) is 12.0 Å². The van der Waals surface area contributed by atoms with Crippen LogP contribution in [0.1, 0.15) is 0 Å². The molecule has 0 bridgehead atoms. The highest BCUT2D eigenvalue weighted by atomic mass is 19.3. The molecule has 0 saturated carbocycles. The van der Waals surface area contributed by atoms with Crippen molar-refractivity contribution < 1.29 is 27.7 Å². The Morgan fingerprint density at radius 1 is 1.00 bits per heavy atom. The molecule has 6 heteroatoms. The van der Waals surface area contributed by atoms with Crippen molar-refractivity contribution in [2.24, 2.45) is 0 Å². The van der Waals surface area contributed by atoms with Gasteiger partial charge in [-0.15, -0.1) is 0 Å². The molecule has 8 heavy (non-hydrogen) atoms. The van der Waals surface area contributed by atoms with Gasteiger partial charge in [-0.2, -0.15) is 8.78 Å². The van der Waals surface area contributed by atoms with E-state index in [0.717, 1.165) is 0 Å². The van der Waals surface area contributed by atoms with Crippen LogP contribution in [0.2, 0.25) is 0 Å². The zero-order valence-electron chi connectivity index (χ0n) is 3.33. The minimum Gasteiger partial charge on any atom is -0.245 e. The molecular formula is C2F4O2. The Hall–Kier alpha value is -0.940. The van der Waals surface area contributed by atoms with E-state index in [9.17, 15) is 17.8 Å². The summed E-state index contributed by atoms with van der Waals surface area (Å²) in [5, 5.41) is 0. The molecule has 0 aromatic carbocycles. The summed E-state index contributed by atoms with van der Waals surface area (Å²) < 4.78 is 42.7. The standard InChI is InChI=1S/C2F4O2/c3-1(4)2(7-5)8-6. The fourth-order valence-corrected chi connectivity index (χ4v) is 0.0702. The van der Waals surface area contributed by atoms with Crippen LogP contribution in [0.3, 0.4) is 0 Å². The summed E-state index contributed by atoms with van der Waals surface area (Å²) in [6, 6.07) is 0. The smallest absolute Gasteiger partial charge is 0.245 e. The molecule has 0 aromatic rings. The third kappa shape index (κ3) is 1.67. The zero-order valence-corrected chi connectivity index (χ0v) is 3.33. The second-order valence-corrected chi connectivity index (χ2v) is 0.702. The highest BCUT2D eigenvalue weighted by Crippen LogP contribution is 2.10. The molecule has 0 spiro atoms. The van der Waals surface area contributed by atoms with Crippen LogP contribution in [0.15, 0.2) is 12.0 Å². The number of halogens is 4. The summed E-state index contributed by atoms with van der Waals surface area (Å²) in [5.41, 5.74) is 0. The Balaban J connectivity index is 3.86. The van der Waals surface area contributed by atoms with Gasteiger partial charge in [0.1, 0.15) is 0 Å². The molecule has 2 nitrogen and oxygen atoms in total. The largest absolute Gasteiger partial charge is 0.429 e. The fourth-order valence-electron chi connectivity index (χ4n) is 0.0702. The quantitative estimate of drug-likeness (QED) is 0.421. The molecule has 0 saturated heterocycles. The fraction of sp³-hybridized carbons (Fsp3) is 0. The highest BCUT2D eigenvalue weighted by molar-refractivity contribution is 4.79. The van der Waals surface area contributed by atoms with Crippen molar-refractivity contribution >= 4 is 0 Å². The Labute approximate surface area is 41.1 Å². The van der Waals surface area contributed by atoms with Gasteiger partial charge >= 0.3 is 12.0 Å². The minimum absolute atomic E-state index is 2.06. The summed E-state index contributed by atoms with van der Waals surface area (Å²) in [7, 11) is 0. The second kappa shape index (κ2) is 3.11. The lowest BCUT2D eigenvalue weighted by Crippen LogP contribution is -1.83. The monoisotopic (exact) mass is 132 g/mol. The predicted molar refractivity (Wildman–Crippen MR) is 13.6 cm³/mol. The molecule has 0 radical (unpaired) electrons. The van der Waals surface area contributed by atoms with Gasteiger partial charge < -0.3 is 0 Å². The van der Waals surface area contributed by atoms with Gasteiger partial charge in [-0.05, 0) is 0 Å². The van der Waals surface area contributed by atoms with Crippen LogP contribution in [0.4, 0.5) is 17.8 Å². The van der Waals surface area contributed by atoms with E-state index in [1.54, 1.807) is 0 Å². The molecule has 0 rings (SSSR count). The number of hydrogen-bond acceptors (Lipinski definition) is 2. The van der Waals surface area contributed by atoms with Crippen molar-refractivity contribution in [1.82, 2.24) is 0 Å². The molecule has 0 heterocycles. The van der Waals surface area contributed by atoms with Gasteiger partial charge in [0.05, 0.1) is 0 Å². The predicted octanol–water partition coefficient (Wildman–Crippen LogP) is 1.85. The van der Waals surface area contributed by atoms with Crippen LogP contribution < -0.4 is 0 Å². The van der Waals surface area contributed by atoms with E-state index in [4.69, 9.17) is 0 Å². The van der Waals surface area contributed by atoms with Crippen LogP contribution in [-0.4, -0.2) is 0 Å². The summed E-state index contributed by atoms with van der Waals surface area (Å²) in [5.74, 6) is -2.06. The molecule has 0 aliphatic carbocycles. The SMILES string of the molecule is FOC(OF)=C(F)F. The first kappa shape index (κ1) is 7.06. The molecule has 0 fully saturated rings. The maximum Gasteiger partial charge on any atom is 0.429 e. The zero-order chi connectivity index (χ0) is 6.57. The molecule has 48 valence electrons. The van der Waals surface area contributed by atoms with E-state index in [-0.39, 0.29) is 0 Å². The molecule has 0 aliphatic rings. The lowest BCUT2D eigenvalue weighted by Gasteiger charge is -1.87. The normalized spacial score (nSPS) is 8.00. The average molecular weight is 132 g/mol. The molecule has 0 aliphatic heterocycles. The number of hydrogen-bond donors (Lipinski definition) is 0. The third-order valence-electron chi connectivity index (χ3n) is 0.294. The van der Waals surface area contributed by atoms with Crippen molar-refractivity contribution in [2.75, 3.05) is 0 Å².